The third-order valence-corrected chi connectivity index (χ3v) is 4.80. The summed E-state index contributed by atoms with van der Waals surface area (Å²) in [5, 5.41) is 13.4. The summed E-state index contributed by atoms with van der Waals surface area (Å²) >= 11 is 0. The molecule has 1 aliphatic rings. The second kappa shape index (κ2) is 8.35. The molecular weight excluding hydrogens is 248 g/mol. The standard InChI is InChI=1S/C17H36N2O/c1-6-17(13-20,18-16-8-9-16)10-7-11-19(5)15(4)12-14(2)3/h14-16,18,20H,6-13H2,1-5H3. The summed E-state index contributed by atoms with van der Waals surface area (Å²) in [5.41, 5.74) is -0.0384. The summed E-state index contributed by atoms with van der Waals surface area (Å²) in [4.78, 5) is 2.47. The van der Waals surface area contributed by atoms with Crippen molar-refractivity contribution in [1.29, 1.82) is 0 Å². The number of aliphatic hydroxyl groups is 1. The fourth-order valence-corrected chi connectivity index (χ4v) is 3.00. The first kappa shape index (κ1) is 17.9. The van der Waals surface area contributed by atoms with Gasteiger partial charge in [0.05, 0.1) is 6.61 Å². The molecule has 0 bridgehead atoms. The minimum atomic E-state index is -0.0384. The van der Waals surface area contributed by atoms with Gasteiger partial charge < -0.3 is 15.3 Å². The van der Waals surface area contributed by atoms with Gasteiger partial charge in [0, 0.05) is 17.6 Å². The van der Waals surface area contributed by atoms with Crippen molar-refractivity contribution in [2.45, 2.75) is 83.8 Å². The Balaban J connectivity index is 2.31. The number of hydrogen-bond acceptors (Lipinski definition) is 3. The Bertz CT molecular complexity index is 260. The molecule has 0 heterocycles. The summed E-state index contributed by atoms with van der Waals surface area (Å²) in [6.07, 6.45) is 7.09. The van der Waals surface area contributed by atoms with Crippen LogP contribution in [-0.2, 0) is 0 Å². The quantitative estimate of drug-likeness (QED) is 0.612. The number of nitrogens with one attached hydrogen (secondary N) is 1. The second-order valence-electron chi connectivity index (χ2n) is 7.27. The van der Waals surface area contributed by atoms with E-state index < -0.39 is 0 Å². The van der Waals surface area contributed by atoms with Gasteiger partial charge in [-0.2, -0.15) is 0 Å². The highest BCUT2D eigenvalue weighted by Gasteiger charge is 2.34. The molecule has 1 aliphatic carbocycles. The molecule has 20 heavy (non-hydrogen) atoms. The van der Waals surface area contributed by atoms with Crippen molar-refractivity contribution in [3.8, 4) is 0 Å². The molecule has 0 aliphatic heterocycles. The number of nitrogens with zero attached hydrogens (tertiary/aromatic N) is 1. The topological polar surface area (TPSA) is 35.5 Å². The molecule has 2 N–H and O–H groups in total. The predicted octanol–water partition coefficient (Wildman–Crippen LogP) is 3.03. The zero-order chi connectivity index (χ0) is 15.2. The Morgan fingerprint density at radius 3 is 2.40 bits per heavy atom. The minimum Gasteiger partial charge on any atom is -0.394 e. The van der Waals surface area contributed by atoms with E-state index in [0.29, 0.717) is 12.1 Å². The Labute approximate surface area is 126 Å². The number of rotatable bonds is 11. The largest absolute Gasteiger partial charge is 0.394 e. The smallest absolute Gasteiger partial charge is 0.0613 e. The maximum atomic E-state index is 9.77. The van der Waals surface area contributed by atoms with Crippen LogP contribution in [0.4, 0.5) is 0 Å². The Morgan fingerprint density at radius 1 is 1.30 bits per heavy atom. The van der Waals surface area contributed by atoms with Crippen molar-refractivity contribution in [2.24, 2.45) is 5.92 Å². The van der Waals surface area contributed by atoms with E-state index in [0.717, 1.165) is 31.7 Å². The van der Waals surface area contributed by atoms with Crippen LogP contribution >= 0.6 is 0 Å². The van der Waals surface area contributed by atoms with Gasteiger partial charge in [-0.05, 0) is 65.0 Å². The summed E-state index contributed by atoms with van der Waals surface area (Å²) in [6.45, 7) is 10.5. The first-order valence-corrected chi connectivity index (χ1v) is 8.51. The van der Waals surface area contributed by atoms with Gasteiger partial charge in [0.25, 0.3) is 0 Å². The van der Waals surface area contributed by atoms with Crippen LogP contribution in [0, 0.1) is 5.92 Å². The van der Waals surface area contributed by atoms with E-state index in [1.807, 2.05) is 0 Å². The molecule has 0 saturated heterocycles. The zero-order valence-electron chi connectivity index (χ0n) is 14.3. The van der Waals surface area contributed by atoms with Gasteiger partial charge in [0.15, 0.2) is 0 Å². The average Bonchev–Trinajstić information content (AvgIpc) is 3.20. The summed E-state index contributed by atoms with van der Waals surface area (Å²) < 4.78 is 0. The zero-order valence-corrected chi connectivity index (χ0v) is 14.3. The molecule has 2 unspecified atom stereocenters. The van der Waals surface area contributed by atoms with E-state index in [4.69, 9.17) is 0 Å². The molecule has 3 heteroatoms. The molecule has 0 spiro atoms. The lowest BCUT2D eigenvalue weighted by Crippen LogP contribution is -2.49. The van der Waals surface area contributed by atoms with Crippen LogP contribution < -0.4 is 5.32 Å². The van der Waals surface area contributed by atoms with Crippen LogP contribution in [0.5, 0.6) is 0 Å². The normalized spacial score (nSPS) is 20.4. The molecule has 0 aromatic rings. The van der Waals surface area contributed by atoms with Crippen LogP contribution in [0.2, 0.25) is 0 Å². The molecule has 0 amide bonds. The van der Waals surface area contributed by atoms with Crippen LogP contribution in [0.15, 0.2) is 0 Å². The molecule has 120 valence electrons. The van der Waals surface area contributed by atoms with Crippen LogP contribution in [-0.4, -0.2) is 47.8 Å². The maximum absolute atomic E-state index is 9.77. The molecule has 2 atom stereocenters. The van der Waals surface area contributed by atoms with Crippen LogP contribution in [0.3, 0.4) is 0 Å². The highest BCUT2D eigenvalue weighted by Crippen LogP contribution is 2.27. The number of aliphatic hydroxyl groups excluding tert-OH is 1. The van der Waals surface area contributed by atoms with Gasteiger partial charge in [0.1, 0.15) is 0 Å². The summed E-state index contributed by atoms with van der Waals surface area (Å²) in [6, 6.07) is 1.32. The summed E-state index contributed by atoms with van der Waals surface area (Å²) in [5.74, 6) is 0.760. The minimum absolute atomic E-state index is 0.0384. The van der Waals surface area contributed by atoms with Gasteiger partial charge in [-0.15, -0.1) is 0 Å². The lowest BCUT2D eigenvalue weighted by atomic mass is 9.90. The van der Waals surface area contributed by atoms with Gasteiger partial charge in [-0.3, -0.25) is 0 Å². The molecule has 3 nitrogen and oxygen atoms in total. The van der Waals surface area contributed by atoms with E-state index in [1.165, 1.54) is 19.3 Å². The van der Waals surface area contributed by atoms with Crippen molar-refractivity contribution in [3.05, 3.63) is 0 Å². The maximum Gasteiger partial charge on any atom is 0.0613 e. The highest BCUT2D eigenvalue weighted by molar-refractivity contribution is 4.94. The van der Waals surface area contributed by atoms with E-state index in [2.05, 4.69) is 45.0 Å². The fourth-order valence-electron chi connectivity index (χ4n) is 3.00. The predicted molar refractivity (Wildman–Crippen MR) is 87.0 cm³/mol. The molecule has 0 aromatic heterocycles. The van der Waals surface area contributed by atoms with Crippen molar-refractivity contribution in [2.75, 3.05) is 20.2 Å². The first-order valence-electron chi connectivity index (χ1n) is 8.51. The molecular formula is C17H36N2O. The lowest BCUT2D eigenvalue weighted by molar-refractivity contribution is 0.134. The Kier molecular flexibility index (Phi) is 7.49. The van der Waals surface area contributed by atoms with E-state index in [-0.39, 0.29) is 12.1 Å². The average molecular weight is 284 g/mol. The molecule has 0 aromatic carbocycles. The highest BCUT2D eigenvalue weighted by atomic mass is 16.3. The second-order valence-corrected chi connectivity index (χ2v) is 7.27. The summed E-state index contributed by atoms with van der Waals surface area (Å²) in [7, 11) is 2.23. The van der Waals surface area contributed by atoms with Gasteiger partial charge in [-0.25, -0.2) is 0 Å². The van der Waals surface area contributed by atoms with E-state index >= 15 is 0 Å². The van der Waals surface area contributed by atoms with Crippen LogP contribution in [0.25, 0.3) is 0 Å². The SMILES string of the molecule is CCC(CO)(CCCN(C)C(C)CC(C)C)NC1CC1. The molecule has 0 radical (unpaired) electrons. The number of hydrogen-bond donors (Lipinski definition) is 2. The van der Waals surface area contributed by atoms with Gasteiger partial charge in [-0.1, -0.05) is 20.8 Å². The Hall–Kier alpha value is -0.120. The fraction of sp³-hybridized carbons (Fsp3) is 1.00. The van der Waals surface area contributed by atoms with Crippen LogP contribution in [0.1, 0.15) is 66.2 Å². The Morgan fingerprint density at radius 2 is 1.95 bits per heavy atom. The van der Waals surface area contributed by atoms with Crippen molar-refractivity contribution in [1.82, 2.24) is 10.2 Å². The van der Waals surface area contributed by atoms with Gasteiger partial charge in [0.2, 0.25) is 0 Å². The van der Waals surface area contributed by atoms with Gasteiger partial charge >= 0.3 is 0 Å². The van der Waals surface area contributed by atoms with Crippen molar-refractivity contribution >= 4 is 0 Å². The van der Waals surface area contributed by atoms with Crippen molar-refractivity contribution < 1.29 is 5.11 Å². The van der Waals surface area contributed by atoms with Crippen molar-refractivity contribution in [3.63, 3.8) is 0 Å². The molecule has 1 saturated carbocycles. The monoisotopic (exact) mass is 284 g/mol. The molecule has 1 rings (SSSR count). The lowest BCUT2D eigenvalue weighted by Gasteiger charge is -2.34. The molecule has 1 fully saturated rings. The first-order chi connectivity index (χ1) is 9.42. The third kappa shape index (κ3) is 6.11. The van der Waals surface area contributed by atoms with E-state index in [9.17, 15) is 5.11 Å². The third-order valence-electron chi connectivity index (χ3n) is 4.80. The van der Waals surface area contributed by atoms with E-state index in [1.54, 1.807) is 0 Å².